The number of amides is 2. The number of hydrogen-bond acceptors (Lipinski definition) is 5. The zero-order valence-electron chi connectivity index (χ0n) is 19.6. The van der Waals surface area contributed by atoms with Crippen molar-refractivity contribution in [3.8, 4) is 0 Å². The molecule has 0 bridgehead atoms. The fourth-order valence-electron chi connectivity index (χ4n) is 3.18. The van der Waals surface area contributed by atoms with Crippen molar-refractivity contribution in [2.75, 3.05) is 13.2 Å². The van der Waals surface area contributed by atoms with E-state index in [0.29, 0.717) is 19.4 Å². The Labute approximate surface area is 186 Å². The number of ether oxygens (including phenoxy) is 2. The zero-order valence-corrected chi connectivity index (χ0v) is 19.6. The van der Waals surface area contributed by atoms with Gasteiger partial charge in [0.1, 0.15) is 12.6 Å². The van der Waals surface area contributed by atoms with Gasteiger partial charge >= 0.3 is 6.09 Å². The van der Waals surface area contributed by atoms with Gasteiger partial charge < -0.3 is 25.2 Å². The predicted molar refractivity (Wildman–Crippen MR) is 122 cm³/mol. The Kier molecular flexibility index (Phi) is 12.9. The summed E-state index contributed by atoms with van der Waals surface area (Å²) in [7, 11) is 0. The Morgan fingerprint density at radius 3 is 2.23 bits per heavy atom. The molecule has 0 aliphatic rings. The third-order valence-corrected chi connectivity index (χ3v) is 4.68. The minimum absolute atomic E-state index is 0.131. The third kappa shape index (κ3) is 11.7. The van der Waals surface area contributed by atoms with E-state index in [-0.39, 0.29) is 31.0 Å². The van der Waals surface area contributed by atoms with Crippen molar-refractivity contribution in [2.24, 2.45) is 11.8 Å². The van der Waals surface area contributed by atoms with Gasteiger partial charge in [-0.05, 0) is 36.7 Å². The van der Waals surface area contributed by atoms with E-state index in [1.54, 1.807) is 0 Å². The maximum atomic E-state index is 13.0. The molecule has 1 rings (SSSR count). The third-order valence-electron chi connectivity index (χ3n) is 4.68. The highest BCUT2D eigenvalue weighted by molar-refractivity contribution is 5.85. The monoisotopic (exact) mass is 436 g/mol. The zero-order chi connectivity index (χ0) is 23.2. The molecule has 0 radical (unpaired) electrons. The molecule has 0 aliphatic carbocycles. The van der Waals surface area contributed by atoms with Gasteiger partial charge in [-0.2, -0.15) is 0 Å². The lowest BCUT2D eigenvalue weighted by Crippen LogP contribution is -2.54. The van der Waals surface area contributed by atoms with Crippen LogP contribution in [0.4, 0.5) is 4.79 Å². The quantitative estimate of drug-likeness (QED) is 0.387. The van der Waals surface area contributed by atoms with Gasteiger partial charge in [0.25, 0.3) is 0 Å². The van der Waals surface area contributed by atoms with Crippen LogP contribution < -0.4 is 10.6 Å². The van der Waals surface area contributed by atoms with Crippen molar-refractivity contribution in [3.05, 3.63) is 35.9 Å². The minimum atomic E-state index is -0.817. The summed E-state index contributed by atoms with van der Waals surface area (Å²) in [6, 6.07) is 8.16. The molecule has 0 spiro atoms. The van der Waals surface area contributed by atoms with Crippen LogP contribution in [0.2, 0.25) is 0 Å². The molecule has 0 saturated heterocycles. The van der Waals surface area contributed by atoms with E-state index in [4.69, 9.17) is 9.47 Å². The van der Waals surface area contributed by atoms with Crippen LogP contribution in [0.25, 0.3) is 0 Å². The lowest BCUT2D eigenvalue weighted by Gasteiger charge is -2.28. The Bertz CT molecular complexity index is 636. The van der Waals surface area contributed by atoms with Crippen molar-refractivity contribution >= 4 is 12.0 Å². The van der Waals surface area contributed by atoms with Gasteiger partial charge in [0.15, 0.2) is 0 Å². The average molecular weight is 437 g/mol. The number of carbonyl (C=O) groups excluding carboxylic acids is 2. The van der Waals surface area contributed by atoms with Crippen LogP contribution in [0.5, 0.6) is 0 Å². The highest BCUT2D eigenvalue weighted by Crippen LogP contribution is 2.12. The molecule has 0 fully saturated rings. The molecule has 1 aromatic carbocycles. The van der Waals surface area contributed by atoms with Crippen LogP contribution >= 0.6 is 0 Å². The van der Waals surface area contributed by atoms with Gasteiger partial charge in [-0.3, -0.25) is 4.79 Å². The van der Waals surface area contributed by atoms with E-state index in [0.717, 1.165) is 12.0 Å². The van der Waals surface area contributed by atoms with Crippen LogP contribution in [0.15, 0.2) is 30.3 Å². The topological polar surface area (TPSA) is 96.9 Å². The summed E-state index contributed by atoms with van der Waals surface area (Å²) in [6.45, 7) is 10.9. The van der Waals surface area contributed by atoms with E-state index in [9.17, 15) is 14.7 Å². The summed E-state index contributed by atoms with van der Waals surface area (Å²) < 4.78 is 10.7. The van der Waals surface area contributed by atoms with E-state index >= 15 is 0 Å². The Morgan fingerprint density at radius 2 is 1.65 bits per heavy atom. The van der Waals surface area contributed by atoms with Gasteiger partial charge in [0.05, 0.1) is 18.8 Å². The summed E-state index contributed by atoms with van der Waals surface area (Å²) in [5.74, 6) is 0.135. The molecule has 7 nitrogen and oxygen atoms in total. The minimum Gasteiger partial charge on any atom is -0.445 e. The molecule has 3 atom stereocenters. The molecule has 0 heterocycles. The molecular formula is C24H40N2O5. The second kappa shape index (κ2) is 14.8. The Balaban J connectivity index is 2.72. The van der Waals surface area contributed by atoms with E-state index in [1.165, 1.54) is 0 Å². The summed E-state index contributed by atoms with van der Waals surface area (Å²) in [6.07, 6.45) is 0.470. The van der Waals surface area contributed by atoms with Gasteiger partial charge in [0.2, 0.25) is 5.91 Å². The lowest BCUT2D eigenvalue weighted by atomic mass is 9.97. The van der Waals surface area contributed by atoms with Crippen molar-refractivity contribution in [2.45, 2.75) is 78.7 Å². The maximum Gasteiger partial charge on any atom is 0.408 e. The van der Waals surface area contributed by atoms with Crippen molar-refractivity contribution in [1.82, 2.24) is 10.6 Å². The van der Waals surface area contributed by atoms with E-state index in [2.05, 4.69) is 10.6 Å². The molecule has 2 amide bonds. The molecule has 31 heavy (non-hydrogen) atoms. The number of aliphatic hydroxyl groups is 1. The van der Waals surface area contributed by atoms with E-state index in [1.807, 2.05) is 65.0 Å². The number of nitrogens with one attached hydrogen (secondary N) is 2. The number of carbonyl (C=O) groups is 2. The molecule has 7 heteroatoms. The molecule has 0 aliphatic heterocycles. The van der Waals surface area contributed by atoms with Crippen LogP contribution in [-0.4, -0.2) is 48.5 Å². The highest BCUT2D eigenvalue weighted by atomic mass is 16.5. The van der Waals surface area contributed by atoms with Crippen LogP contribution in [0, 0.1) is 11.8 Å². The van der Waals surface area contributed by atoms with Gasteiger partial charge in [-0.1, -0.05) is 65.0 Å². The standard InChI is InChI=1S/C24H40N2O5/c1-6-12-30-16-22(27)20(13-17(2)3)25-23(28)21(14-18(4)5)26-24(29)31-15-19-10-8-7-9-11-19/h7-11,17-18,20-22,27H,6,12-16H2,1-5H3,(H,25,28)(H,26,29)/t20-,21-,22+/m0/s1. The SMILES string of the molecule is CCCOC[C@@H](O)[C@H](CC(C)C)NC(=O)[C@H](CC(C)C)NC(=O)OCc1ccccc1. The normalized spacial score (nSPS) is 14.2. The first-order valence-electron chi connectivity index (χ1n) is 11.3. The average Bonchev–Trinajstić information content (AvgIpc) is 2.71. The van der Waals surface area contributed by atoms with Gasteiger partial charge in [-0.15, -0.1) is 0 Å². The maximum absolute atomic E-state index is 13.0. The van der Waals surface area contributed by atoms with Crippen molar-refractivity contribution in [1.29, 1.82) is 0 Å². The van der Waals surface area contributed by atoms with Crippen molar-refractivity contribution in [3.63, 3.8) is 0 Å². The first-order chi connectivity index (χ1) is 14.7. The Hall–Kier alpha value is -2.12. The molecule has 0 unspecified atom stereocenters. The fraction of sp³-hybridized carbons (Fsp3) is 0.667. The summed E-state index contributed by atoms with van der Waals surface area (Å²) in [5, 5.41) is 16.1. The Morgan fingerprint density at radius 1 is 1.00 bits per heavy atom. The summed E-state index contributed by atoms with van der Waals surface area (Å²) in [5.41, 5.74) is 0.870. The summed E-state index contributed by atoms with van der Waals surface area (Å²) in [4.78, 5) is 25.3. The van der Waals surface area contributed by atoms with Crippen LogP contribution in [-0.2, 0) is 20.9 Å². The molecule has 0 saturated carbocycles. The highest BCUT2D eigenvalue weighted by Gasteiger charge is 2.28. The summed E-state index contributed by atoms with van der Waals surface area (Å²) >= 11 is 0. The molecule has 176 valence electrons. The smallest absolute Gasteiger partial charge is 0.408 e. The number of benzene rings is 1. The van der Waals surface area contributed by atoms with Crippen molar-refractivity contribution < 1.29 is 24.2 Å². The van der Waals surface area contributed by atoms with E-state index < -0.39 is 24.3 Å². The predicted octanol–water partition coefficient (Wildman–Crippen LogP) is 3.65. The first kappa shape index (κ1) is 26.9. The number of alkyl carbamates (subject to hydrolysis) is 1. The second-order valence-electron chi connectivity index (χ2n) is 8.78. The van der Waals surface area contributed by atoms with Gasteiger partial charge in [0, 0.05) is 6.61 Å². The number of rotatable bonds is 14. The first-order valence-corrected chi connectivity index (χ1v) is 11.3. The second-order valence-corrected chi connectivity index (χ2v) is 8.78. The fourth-order valence-corrected chi connectivity index (χ4v) is 3.18. The lowest BCUT2D eigenvalue weighted by molar-refractivity contribution is -0.125. The van der Waals surface area contributed by atoms with Crippen LogP contribution in [0.1, 0.15) is 59.4 Å². The van der Waals surface area contributed by atoms with Crippen LogP contribution in [0.3, 0.4) is 0 Å². The largest absolute Gasteiger partial charge is 0.445 e. The molecule has 0 aromatic heterocycles. The number of aliphatic hydroxyl groups excluding tert-OH is 1. The van der Waals surface area contributed by atoms with Gasteiger partial charge in [-0.25, -0.2) is 4.79 Å². The molecule has 1 aromatic rings. The number of hydrogen-bond donors (Lipinski definition) is 3. The molecular weight excluding hydrogens is 396 g/mol. The molecule has 3 N–H and O–H groups in total.